The molecule has 0 bridgehead atoms. The molecule has 3 fully saturated rings. The lowest BCUT2D eigenvalue weighted by Crippen LogP contribution is -2.50. The standard InChI is InChI=1S/C35H44F2N8O3/c1-5-35(46)41-28-19-29(32(47-4)20-31(28)44-15-10-25(11-16-44)43-13-8-24(9-14-43)42(2)3)40-33-21-34(39-22-38-33)45-30(12-17-48-45)23-6-7-26(36)27(37)18-23/h5-7,18-22,24-25,30H,1,8-17H2,2-4H3,(H,41,46)(H,38,39,40)/t30-/m1/s1. The number of halogens is 2. The van der Waals surface area contributed by atoms with Crippen molar-refractivity contribution < 1.29 is 23.1 Å². The van der Waals surface area contributed by atoms with Gasteiger partial charge in [0.25, 0.3) is 0 Å². The number of amides is 1. The first-order valence-corrected chi connectivity index (χ1v) is 16.5. The van der Waals surface area contributed by atoms with Gasteiger partial charge in [-0.25, -0.2) is 23.8 Å². The molecule has 6 rings (SSSR count). The van der Waals surface area contributed by atoms with Gasteiger partial charge < -0.3 is 30.1 Å². The Balaban J connectivity index is 1.20. The fourth-order valence-corrected chi connectivity index (χ4v) is 7.01. The molecule has 256 valence electrons. The maximum atomic E-state index is 14.0. The number of ether oxygens (including phenoxy) is 1. The van der Waals surface area contributed by atoms with Crippen LogP contribution in [0.3, 0.4) is 0 Å². The lowest BCUT2D eigenvalue weighted by atomic mass is 9.97. The minimum atomic E-state index is -0.913. The summed E-state index contributed by atoms with van der Waals surface area (Å²) in [7, 11) is 5.94. The molecule has 0 spiro atoms. The highest BCUT2D eigenvalue weighted by atomic mass is 19.2. The van der Waals surface area contributed by atoms with E-state index >= 15 is 0 Å². The van der Waals surface area contributed by atoms with E-state index in [4.69, 9.17) is 9.57 Å². The van der Waals surface area contributed by atoms with Gasteiger partial charge in [-0.3, -0.25) is 9.63 Å². The molecule has 0 aliphatic carbocycles. The summed E-state index contributed by atoms with van der Waals surface area (Å²) in [4.78, 5) is 34.5. The van der Waals surface area contributed by atoms with E-state index in [2.05, 4.69) is 56.0 Å². The molecule has 3 saturated heterocycles. The van der Waals surface area contributed by atoms with E-state index in [9.17, 15) is 13.6 Å². The second-order valence-corrected chi connectivity index (χ2v) is 12.7. The topological polar surface area (TPSA) is 98.3 Å². The van der Waals surface area contributed by atoms with Crippen molar-refractivity contribution in [2.75, 3.05) is 74.6 Å². The van der Waals surface area contributed by atoms with Gasteiger partial charge in [0.1, 0.15) is 17.9 Å². The minimum Gasteiger partial charge on any atom is -0.494 e. The maximum absolute atomic E-state index is 14.0. The van der Waals surface area contributed by atoms with E-state index in [1.54, 1.807) is 24.3 Å². The fraction of sp³-hybridized carbons (Fsp3) is 0.457. The lowest BCUT2D eigenvalue weighted by molar-refractivity contribution is -0.111. The van der Waals surface area contributed by atoms with Gasteiger partial charge in [0, 0.05) is 43.7 Å². The summed E-state index contributed by atoms with van der Waals surface area (Å²) in [6.45, 7) is 8.00. The number of aromatic nitrogens is 2. The number of hydroxylamine groups is 1. The molecule has 0 saturated carbocycles. The van der Waals surface area contributed by atoms with Crippen LogP contribution in [0.25, 0.3) is 0 Å². The zero-order valence-corrected chi connectivity index (χ0v) is 27.8. The van der Waals surface area contributed by atoms with Crippen LogP contribution in [0.15, 0.2) is 55.4 Å². The molecule has 3 aromatic rings. The number of carbonyl (C=O) groups excluding carboxylic acids is 1. The molecule has 2 aromatic carbocycles. The van der Waals surface area contributed by atoms with Crippen molar-refractivity contribution in [1.82, 2.24) is 19.8 Å². The molecule has 1 atom stereocenters. The summed E-state index contributed by atoms with van der Waals surface area (Å²) < 4.78 is 33.5. The molecule has 0 radical (unpaired) electrons. The predicted octanol–water partition coefficient (Wildman–Crippen LogP) is 5.51. The molecule has 0 unspecified atom stereocenters. The summed E-state index contributed by atoms with van der Waals surface area (Å²) in [6.07, 6.45) is 7.70. The summed E-state index contributed by atoms with van der Waals surface area (Å²) >= 11 is 0. The summed E-state index contributed by atoms with van der Waals surface area (Å²) in [6, 6.07) is 10.2. The number of nitrogens with zero attached hydrogens (tertiary/aromatic N) is 6. The van der Waals surface area contributed by atoms with Crippen molar-refractivity contribution >= 4 is 34.6 Å². The van der Waals surface area contributed by atoms with E-state index in [0.29, 0.717) is 59.4 Å². The van der Waals surface area contributed by atoms with Crippen LogP contribution in [0.1, 0.15) is 43.7 Å². The summed E-state index contributed by atoms with van der Waals surface area (Å²) in [5.41, 5.74) is 2.67. The maximum Gasteiger partial charge on any atom is 0.247 e. The first kappa shape index (κ1) is 33.6. The SMILES string of the molecule is C=CC(=O)Nc1cc(Nc2cc(N3OCC[C@@H]3c3ccc(F)c(F)c3)ncn2)c(OC)cc1N1CCC(N2CCC(N(C)C)CC2)CC1. The molecule has 48 heavy (non-hydrogen) atoms. The van der Waals surface area contributed by atoms with Crippen molar-refractivity contribution in [3.8, 4) is 5.75 Å². The van der Waals surface area contributed by atoms with Gasteiger partial charge in [-0.2, -0.15) is 0 Å². The minimum absolute atomic E-state index is 0.315. The van der Waals surface area contributed by atoms with Crippen LogP contribution < -0.4 is 25.3 Å². The quantitative estimate of drug-likeness (QED) is 0.271. The molecule has 1 aromatic heterocycles. The third-order valence-corrected chi connectivity index (χ3v) is 9.69. The molecule has 4 heterocycles. The first-order valence-electron chi connectivity index (χ1n) is 16.5. The van der Waals surface area contributed by atoms with Gasteiger partial charge in [0.05, 0.1) is 36.8 Å². The predicted molar refractivity (Wildman–Crippen MR) is 183 cm³/mol. The molecule has 3 aliphatic heterocycles. The van der Waals surface area contributed by atoms with Crippen LogP contribution in [0.2, 0.25) is 0 Å². The molecule has 11 nitrogen and oxygen atoms in total. The smallest absolute Gasteiger partial charge is 0.247 e. The number of carbonyl (C=O) groups is 1. The highest BCUT2D eigenvalue weighted by Gasteiger charge is 2.31. The van der Waals surface area contributed by atoms with Crippen molar-refractivity contribution in [3.05, 3.63) is 72.6 Å². The number of rotatable bonds is 10. The number of methoxy groups -OCH3 is 1. The van der Waals surface area contributed by atoms with Crippen molar-refractivity contribution in [3.63, 3.8) is 0 Å². The molecule has 13 heteroatoms. The largest absolute Gasteiger partial charge is 0.494 e. The van der Waals surface area contributed by atoms with Gasteiger partial charge in [-0.15, -0.1) is 0 Å². The van der Waals surface area contributed by atoms with Crippen molar-refractivity contribution in [1.29, 1.82) is 0 Å². The highest BCUT2D eigenvalue weighted by Crippen LogP contribution is 2.41. The summed E-state index contributed by atoms with van der Waals surface area (Å²) in [5, 5.41) is 7.88. The van der Waals surface area contributed by atoms with Gasteiger partial charge >= 0.3 is 0 Å². The van der Waals surface area contributed by atoms with Crippen molar-refractivity contribution in [2.45, 2.75) is 50.2 Å². The number of likely N-dealkylation sites (tertiary alicyclic amines) is 1. The Labute approximate surface area is 280 Å². The van der Waals surface area contributed by atoms with Crippen LogP contribution in [0, 0.1) is 11.6 Å². The average Bonchev–Trinajstić information content (AvgIpc) is 3.60. The molecule has 2 N–H and O–H groups in total. The number of hydrogen-bond acceptors (Lipinski definition) is 10. The zero-order chi connectivity index (χ0) is 33.8. The van der Waals surface area contributed by atoms with E-state index in [-0.39, 0.29) is 11.9 Å². The van der Waals surface area contributed by atoms with E-state index in [0.717, 1.165) is 50.8 Å². The lowest BCUT2D eigenvalue weighted by Gasteiger charge is -2.43. The number of hydrogen-bond donors (Lipinski definition) is 2. The zero-order valence-electron chi connectivity index (χ0n) is 27.8. The Bertz CT molecular complexity index is 1610. The van der Waals surface area contributed by atoms with Crippen LogP contribution in [-0.4, -0.2) is 91.7 Å². The Kier molecular flexibility index (Phi) is 10.4. The normalized spacial score (nSPS) is 19.5. The number of benzene rings is 2. The fourth-order valence-electron chi connectivity index (χ4n) is 7.01. The molecular formula is C35H44F2N8O3. The third kappa shape index (κ3) is 7.38. The van der Waals surface area contributed by atoms with Gasteiger partial charge in [0.15, 0.2) is 17.5 Å². The Morgan fingerprint density at radius 3 is 2.46 bits per heavy atom. The third-order valence-electron chi connectivity index (χ3n) is 9.69. The second-order valence-electron chi connectivity index (χ2n) is 12.7. The van der Waals surface area contributed by atoms with Gasteiger partial charge in [-0.1, -0.05) is 12.6 Å². The number of nitrogens with one attached hydrogen (secondary N) is 2. The summed E-state index contributed by atoms with van der Waals surface area (Å²) in [5.74, 6) is -0.656. The first-order chi connectivity index (χ1) is 23.2. The Morgan fingerprint density at radius 1 is 1.00 bits per heavy atom. The Hall–Kier alpha value is -4.33. The van der Waals surface area contributed by atoms with E-state index < -0.39 is 11.6 Å². The molecule has 3 aliphatic rings. The molecule has 1 amide bonds. The van der Waals surface area contributed by atoms with Crippen LogP contribution in [-0.2, 0) is 9.63 Å². The van der Waals surface area contributed by atoms with E-state index in [1.165, 1.54) is 31.3 Å². The monoisotopic (exact) mass is 662 g/mol. The van der Waals surface area contributed by atoms with Crippen molar-refractivity contribution in [2.24, 2.45) is 0 Å². The number of anilines is 5. The molecular weight excluding hydrogens is 618 g/mol. The number of piperidine rings is 2. The second kappa shape index (κ2) is 14.8. The van der Waals surface area contributed by atoms with Crippen LogP contribution in [0.5, 0.6) is 5.75 Å². The Morgan fingerprint density at radius 2 is 1.77 bits per heavy atom. The van der Waals surface area contributed by atoms with Gasteiger partial charge in [-0.05, 0) is 82.7 Å². The average molecular weight is 663 g/mol. The van der Waals surface area contributed by atoms with Gasteiger partial charge in [0.2, 0.25) is 5.91 Å². The van der Waals surface area contributed by atoms with Crippen LogP contribution in [0.4, 0.5) is 37.5 Å². The van der Waals surface area contributed by atoms with E-state index in [1.807, 2.05) is 12.1 Å². The van der Waals surface area contributed by atoms with Crippen LogP contribution >= 0.6 is 0 Å². The highest BCUT2D eigenvalue weighted by molar-refractivity contribution is 6.02.